The Balaban J connectivity index is 2.71. The van der Waals surface area contributed by atoms with Gasteiger partial charge in [-0.1, -0.05) is 13.8 Å². The zero-order valence-electron chi connectivity index (χ0n) is 10.3. The van der Waals surface area contributed by atoms with Crippen molar-refractivity contribution in [3.8, 4) is 0 Å². The first-order chi connectivity index (χ1) is 8.04. The van der Waals surface area contributed by atoms with Crippen LogP contribution in [0.15, 0.2) is 21.2 Å². The fraction of sp³-hybridized carbons (Fsp3) is 0.583. The van der Waals surface area contributed by atoms with Gasteiger partial charge in [0.15, 0.2) is 0 Å². The molecule has 5 heteroatoms. The first-order valence-electron chi connectivity index (χ1n) is 5.70. The van der Waals surface area contributed by atoms with Gasteiger partial charge in [-0.3, -0.25) is 0 Å². The van der Waals surface area contributed by atoms with Gasteiger partial charge in [-0.15, -0.1) is 0 Å². The van der Waals surface area contributed by atoms with Crippen molar-refractivity contribution in [2.24, 2.45) is 5.92 Å². The molecule has 1 heterocycles. The van der Waals surface area contributed by atoms with Crippen LogP contribution in [0.3, 0.4) is 0 Å². The molecular formula is C12H18Br2N2O. The molecule has 0 saturated carbocycles. The number of aromatic nitrogens is 1. The third-order valence-corrected chi connectivity index (χ3v) is 3.47. The molecule has 1 rings (SSSR count). The molecule has 0 spiro atoms. The van der Waals surface area contributed by atoms with Crippen LogP contribution in [0.25, 0.3) is 0 Å². The molecule has 0 aromatic carbocycles. The largest absolute Gasteiger partial charge is 0.380 e. The molecule has 0 aliphatic carbocycles. The summed E-state index contributed by atoms with van der Waals surface area (Å²) >= 11 is 6.89. The molecule has 1 N–H and O–H groups in total. The predicted octanol–water partition coefficient (Wildman–Crippen LogP) is 4.08. The highest BCUT2D eigenvalue weighted by molar-refractivity contribution is 9.11. The van der Waals surface area contributed by atoms with E-state index in [0.717, 1.165) is 21.4 Å². The van der Waals surface area contributed by atoms with Crippen molar-refractivity contribution in [1.29, 1.82) is 0 Å². The van der Waals surface area contributed by atoms with Crippen LogP contribution in [0.5, 0.6) is 0 Å². The van der Waals surface area contributed by atoms with Crippen LogP contribution in [0, 0.1) is 5.92 Å². The second kappa shape index (κ2) is 7.34. The number of hydrogen-bond acceptors (Lipinski definition) is 3. The van der Waals surface area contributed by atoms with E-state index in [4.69, 9.17) is 4.74 Å². The van der Waals surface area contributed by atoms with Crippen molar-refractivity contribution in [3.63, 3.8) is 0 Å². The summed E-state index contributed by atoms with van der Waals surface area (Å²) in [5, 5.41) is 3.40. The Bertz CT molecular complexity index is 358. The lowest BCUT2D eigenvalue weighted by atomic mass is 10.1. The SMILES string of the molecule is CCOCC(Nc1ncc(Br)cc1Br)C(C)C. The molecule has 0 radical (unpaired) electrons. The Morgan fingerprint density at radius 3 is 2.65 bits per heavy atom. The van der Waals surface area contributed by atoms with Gasteiger partial charge in [0.25, 0.3) is 0 Å². The number of nitrogens with one attached hydrogen (secondary N) is 1. The van der Waals surface area contributed by atoms with Crippen LogP contribution in [0.1, 0.15) is 20.8 Å². The van der Waals surface area contributed by atoms with E-state index >= 15 is 0 Å². The summed E-state index contributed by atoms with van der Waals surface area (Å²) in [5.74, 6) is 1.34. The van der Waals surface area contributed by atoms with Crippen LogP contribution in [0.4, 0.5) is 5.82 Å². The van der Waals surface area contributed by atoms with Crippen LogP contribution in [-0.2, 0) is 4.74 Å². The number of ether oxygens (including phenoxy) is 1. The molecule has 3 nitrogen and oxygen atoms in total. The molecule has 0 saturated heterocycles. The second-order valence-corrected chi connectivity index (χ2v) is 5.91. The normalized spacial score (nSPS) is 12.8. The van der Waals surface area contributed by atoms with Gasteiger partial charge in [-0.2, -0.15) is 0 Å². The summed E-state index contributed by atoms with van der Waals surface area (Å²) in [6.07, 6.45) is 1.78. The summed E-state index contributed by atoms with van der Waals surface area (Å²) in [6.45, 7) is 7.77. The Labute approximate surface area is 120 Å². The Hall–Kier alpha value is -0.130. The van der Waals surface area contributed by atoms with Crippen molar-refractivity contribution >= 4 is 37.7 Å². The van der Waals surface area contributed by atoms with Crippen molar-refractivity contribution in [1.82, 2.24) is 4.98 Å². The maximum atomic E-state index is 5.48. The Morgan fingerprint density at radius 1 is 1.41 bits per heavy atom. The van der Waals surface area contributed by atoms with Gasteiger partial charge >= 0.3 is 0 Å². The zero-order valence-corrected chi connectivity index (χ0v) is 13.5. The minimum atomic E-state index is 0.264. The minimum Gasteiger partial charge on any atom is -0.380 e. The first-order valence-corrected chi connectivity index (χ1v) is 7.28. The highest BCUT2D eigenvalue weighted by Gasteiger charge is 2.15. The lowest BCUT2D eigenvalue weighted by molar-refractivity contribution is 0.126. The monoisotopic (exact) mass is 364 g/mol. The number of anilines is 1. The van der Waals surface area contributed by atoms with E-state index in [-0.39, 0.29) is 6.04 Å². The first kappa shape index (κ1) is 14.9. The molecule has 0 bridgehead atoms. The summed E-state index contributed by atoms with van der Waals surface area (Å²) < 4.78 is 7.39. The Morgan fingerprint density at radius 2 is 2.12 bits per heavy atom. The maximum Gasteiger partial charge on any atom is 0.140 e. The molecule has 1 unspecified atom stereocenters. The standard InChI is InChI=1S/C12H18Br2N2O/c1-4-17-7-11(8(2)3)16-12-10(14)5-9(13)6-15-12/h5-6,8,11H,4,7H2,1-3H3,(H,15,16). The molecule has 17 heavy (non-hydrogen) atoms. The van der Waals surface area contributed by atoms with Gasteiger partial charge in [0.1, 0.15) is 5.82 Å². The van der Waals surface area contributed by atoms with E-state index in [1.165, 1.54) is 0 Å². The molecule has 0 fully saturated rings. The number of halogens is 2. The molecule has 0 amide bonds. The molecule has 1 atom stereocenters. The van der Waals surface area contributed by atoms with E-state index in [0.29, 0.717) is 12.5 Å². The molecular weight excluding hydrogens is 348 g/mol. The van der Waals surface area contributed by atoms with E-state index in [2.05, 4.69) is 56.0 Å². The third kappa shape index (κ3) is 4.94. The topological polar surface area (TPSA) is 34.1 Å². The van der Waals surface area contributed by atoms with Gasteiger partial charge < -0.3 is 10.1 Å². The van der Waals surface area contributed by atoms with Gasteiger partial charge in [-0.25, -0.2) is 4.98 Å². The van der Waals surface area contributed by atoms with Gasteiger partial charge in [0.2, 0.25) is 0 Å². The average molecular weight is 366 g/mol. The summed E-state index contributed by atoms with van der Waals surface area (Å²) in [7, 11) is 0. The van der Waals surface area contributed by atoms with Crippen LogP contribution >= 0.6 is 31.9 Å². The maximum absolute atomic E-state index is 5.48. The molecule has 0 aliphatic heterocycles. The Kier molecular flexibility index (Phi) is 6.44. The number of nitrogens with zero attached hydrogens (tertiary/aromatic N) is 1. The van der Waals surface area contributed by atoms with E-state index < -0.39 is 0 Å². The molecule has 0 aliphatic rings. The van der Waals surface area contributed by atoms with Gasteiger partial charge in [0.05, 0.1) is 17.1 Å². The van der Waals surface area contributed by atoms with Gasteiger partial charge in [-0.05, 0) is 50.8 Å². The zero-order chi connectivity index (χ0) is 12.8. The third-order valence-electron chi connectivity index (χ3n) is 2.44. The summed E-state index contributed by atoms with van der Waals surface area (Å²) in [6, 6.07) is 2.24. The fourth-order valence-electron chi connectivity index (χ4n) is 1.34. The lowest BCUT2D eigenvalue weighted by Crippen LogP contribution is -2.31. The smallest absolute Gasteiger partial charge is 0.140 e. The van der Waals surface area contributed by atoms with E-state index in [9.17, 15) is 0 Å². The minimum absolute atomic E-state index is 0.264. The predicted molar refractivity (Wildman–Crippen MR) is 78.4 cm³/mol. The highest BCUT2D eigenvalue weighted by atomic mass is 79.9. The van der Waals surface area contributed by atoms with Crippen LogP contribution in [-0.4, -0.2) is 24.2 Å². The van der Waals surface area contributed by atoms with Crippen molar-refractivity contribution in [2.75, 3.05) is 18.5 Å². The summed E-state index contributed by atoms with van der Waals surface area (Å²) in [4.78, 5) is 4.35. The van der Waals surface area contributed by atoms with Crippen LogP contribution < -0.4 is 5.32 Å². The second-order valence-electron chi connectivity index (χ2n) is 4.14. The average Bonchev–Trinajstić information content (AvgIpc) is 2.26. The number of hydrogen-bond donors (Lipinski definition) is 1. The molecule has 1 aromatic rings. The molecule has 1 aromatic heterocycles. The fourth-order valence-corrected chi connectivity index (χ4v) is 2.44. The van der Waals surface area contributed by atoms with E-state index in [1.54, 1.807) is 6.20 Å². The van der Waals surface area contributed by atoms with E-state index in [1.807, 2.05) is 13.0 Å². The highest BCUT2D eigenvalue weighted by Crippen LogP contribution is 2.24. The molecule has 96 valence electrons. The number of pyridine rings is 1. The van der Waals surface area contributed by atoms with Crippen molar-refractivity contribution in [3.05, 3.63) is 21.2 Å². The van der Waals surface area contributed by atoms with Gasteiger partial charge in [0, 0.05) is 17.3 Å². The number of rotatable bonds is 6. The summed E-state index contributed by atoms with van der Waals surface area (Å²) in [5.41, 5.74) is 0. The quantitative estimate of drug-likeness (QED) is 0.824. The lowest BCUT2D eigenvalue weighted by Gasteiger charge is -2.23. The van der Waals surface area contributed by atoms with Crippen LogP contribution in [0.2, 0.25) is 0 Å². The van der Waals surface area contributed by atoms with Crippen molar-refractivity contribution < 1.29 is 4.74 Å². The van der Waals surface area contributed by atoms with Crippen molar-refractivity contribution in [2.45, 2.75) is 26.8 Å².